The average molecular weight is 492 g/mol. The van der Waals surface area contributed by atoms with Crippen molar-refractivity contribution in [2.45, 2.75) is 38.1 Å². The Labute approximate surface area is 203 Å². The van der Waals surface area contributed by atoms with Crippen LogP contribution in [0.4, 0.5) is 0 Å². The van der Waals surface area contributed by atoms with Crippen LogP contribution in [0.25, 0.3) is 11.0 Å². The van der Waals surface area contributed by atoms with Gasteiger partial charge in [-0.3, -0.25) is 0 Å². The second kappa shape index (κ2) is 9.85. The number of carbonyl (C=O) groups excluding carboxylic acids is 1. The van der Waals surface area contributed by atoms with Crippen molar-refractivity contribution >= 4 is 27.0 Å². The van der Waals surface area contributed by atoms with Crippen molar-refractivity contribution in [3.05, 3.63) is 105 Å². The second-order valence-electron chi connectivity index (χ2n) is 8.26. The van der Waals surface area contributed by atoms with Crippen molar-refractivity contribution < 1.29 is 22.4 Å². The third-order valence-electron chi connectivity index (χ3n) is 5.70. The molecule has 1 atom stereocenters. The van der Waals surface area contributed by atoms with Crippen LogP contribution >= 0.6 is 0 Å². The first-order valence-electron chi connectivity index (χ1n) is 11.1. The van der Waals surface area contributed by atoms with Crippen LogP contribution in [-0.2, 0) is 21.2 Å². The van der Waals surface area contributed by atoms with Gasteiger partial charge in [0.2, 0.25) is 10.0 Å². The van der Waals surface area contributed by atoms with Gasteiger partial charge < -0.3 is 9.15 Å². The van der Waals surface area contributed by atoms with Crippen LogP contribution < -0.4 is 15.1 Å². The highest BCUT2D eigenvalue weighted by molar-refractivity contribution is 7.89. The summed E-state index contributed by atoms with van der Waals surface area (Å²) in [6.45, 7) is 5.56. The van der Waals surface area contributed by atoms with Crippen LogP contribution in [-0.4, -0.2) is 14.4 Å². The fourth-order valence-electron chi connectivity index (χ4n) is 3.77. The molecule has 0 bridgehead atoms. The van der Waals surface area contributed by atoms with Crippen molar-refractivity contribution in [1.82, 2.24) is 4.72 Å². The minimum Gasteiger partial charge on any atom is -0.425 e. The number of fused-ring (bicyclic) bond motifs is 1. The molecule has 1 heterocycles. The molecule has 4 aromatic rings. The molecule has 8 heteroatoms. The highest BCUT2D eigenvalue weighted by Gasteiger charge is 2.29. The smallest absolute Gasteiger partial charge is 0.336 e. The lowest BCUT2D eigenvalue weighted by Crippen LogP contribution is -2.36. The van der Waals surface area contributed by atoms with E-state index in [4.69, 9.17) is 9.15 Å². The molecule has 4 rings (SSSR count). The quantitative estimate of drug-likeness (QED) is 0.230. The number of sulfonamides is 1. The molecule has 180 valence electrons. The minimum absolute atomic E-state index is 0.0361. The molecular weight excluding hydrogens is 466 g/mol. The lowest BCUT2D eigenvalue weighted by molar-refractivity contribution is -0.136. The summed E-state index contributed by atoms with van der Waals surface area (Å²) in [4.78, 5) is 25.3. The summed E-state index contributed by atoms with van der Waals surface area (Å²) < 4.78 is 39.7. The van der Waals surface area contributed by atoms with E-state index in [2.05, 4.69) is 4.72 Å². The topological polar surface area (TPSA) is 103 Å². The van der Waals surface area contributed by atoms with E-state index in [9.17, 15) is 18.0 Å². The van der Waals surface area contributed by atoms with Gasteiger partial charge in [0, 0.05) is 17.5 Å². The second-order valence-corrected chi connectivity index (χ2v) is 9.97. The molecular formula is C27H25NO6S. The Balaban J connectivity index is 1.72. The minimum atomic E-state index is -4.03. The number of hydrogen-bond acceptors (Lipinski definition) is 6. The Bertz CT molecular complexity index is 1540. The predicted molar refractivity (Wildman–Crippen MR) is 133 cm³/mol. The number of esters is 1. The molecule has 0 radical (unpaired) electrons. The summed E-state index contributed by atoms with van der Waals surface area (Å²) in [5.74, 6) is -0.606. The molecule has 0 aliphatic carbocycles. The van der Waals surface area contributed by atoms with Gasteiger partial charge in [-0.1, -0.05) is 55.0 Å². The van der Waals surface area contributed by atoms with Crippen LogP contribution in [0.5, 0.6) is 5.75 Å². The zero-order valence-electron chi connectivity index (χ0n) is 19.6. The Morgan fingerprint density at radius 3 is 2.34 bits per heavy atom. The maximum Gasteiger partial charge on any atom is 0.336 e. The van der Waals surface area contributed by atoms with Gasteiger partial charge in [0.1, 0.15) is 17.4 Å². The van der Waals surface area contributed by atoms with Crippen LogP contribution in [0.2, 0.25) is 0 Å². The first kappa shape index (κ1) is 24.4. The summed E-state index contributed by atoms with van der Waals surface area (Å²) in [5.41, 5.74) is 2.58. The lowest BCUT2D eigenvalue weighted by Gasteiger charge is -2.19. The molecule has 7 nitrogen and oxygen atoms in total. The van der Waals surface area contributed by atoms with E-state index in [-0.39, 0.29) is 16.2 Å². The number of hydrogen-bond donors (Lipinski definition) is 1. The van der Waals surface area contributed by atoms with E-state index in [1.54, 1.807) is 49.4 Å². The highest BCUT2D eigenvalue weighted by atomic mass is 32.2. The van der Waals surface area contributed by atoms with Gasteiger partial charge in [-0.05, 0) is 55.2 Å². The molecule has 0 saturated heterocycles. The Hall–Kier alpha value is -3.75. The highest BCUT2D eigenvalue weighted by Crippen LogP contribution is 2.29. The van der Waals surface area contributed by atoms with E-state index in [1.165, 1.54) is 24.3 Å². The molecule has 1 N–H and O–H groups in total. The Morgan fingerprint density at radius 1 is 1.00 bits per heavy atom. The first-order valence-corrected chi connectivity index (χ1v) is 12.6. The summed E-state index contributed by atoms with van der Waals surface area (Å²) >= 11 is 0. The van der Waals surface area contributed by atoms with E-state index in [0.29, 0.717) is 12.0 Å². The molecule has 0 fully saturated rings. The van der Waals surface area contributed by atoms with Crippen molar-refractivity contribution in [3.63, 3.8) is 0 Å². The molecule has 0 aliphatic heterocycles. The molecule has 35 heavy (non-hydrogen) atoms. The number of benzene rings is 3. The van der Waals surface area contributed by atoms with Gasteiger partial charge >= 0.3 is 11.6 Å². The van der Waals surface area contributed by atoms with Gasteiger partial charge in [-0.2, -0.15) is 4.72 Å². The van der Waals surface area contributed by atoms with Crippen molar-refractivity contribution in [3.8, 4) is 5.75 Å². The zero-order chi connectivity index (χ0) is 25.2. The van der Waals surface area contributed by atoms with Crippen molar-refractivity contribution in [1.29, 1.82) is 0 Å². The van der Waals surface area contributed by atoms with E-state index >= 15 is 0 Å². The number of carbonyl (C=O) groups is 1. The maximum atomic E-state index is 13.4. The van der Waals surface area contributed by atoms with Crippen LogP contribution in [0, 0.1) is 13.8 Å². The Kier molecular flexibility index (Phi) is 6.86. The summed E-state index contributed by atoms with van der Waals surface area (Å²) in [6, 6.07) is 18.2. The maximum absolute atomic E-state index is 13.4. The molecule has 3 aromatic carbocycles. The molecule has 0 saturated carbocycles. The fourth-order valence-corrected chi connectivity index (χ4v) is 4.94. The zero-order valence-corrected chi connectivity index (χ0v) is 20.4. The molecule has 0 aliphatic rings. The standard InChI is InChI=1S/C27H25NO6S/c1-4-19-15-22-18(3)14-25(29)33-24(22)16-23(19)34-27(30)26(20-8-6-5-7-9-20)28-35(31,32)21-12-10-17(2)11-13-21/h5-16,26,28H,4H2,1-3H3/t26-/m0/s1. The fraction of sp³-hybridized carbons (Fsp3) is 0.185. The van der Waals surface area contributed by atoms with Gasteiger partial charge in [-0.25, -0.2) is 18.0 Å². The van der Waals surface area contributed by atoms with Gasteiger partial charge in [-0.15, -0.1) is 0 Å². The van der Waals surface area contributed by atoms with Gasteiger partial charge in [0.25, 0.3) is 0 Å². The third kappa shape index (κ3) is 5.34. The SMILES string of the molecule is CCc1cc2c(C)cc(=O)oc2cc1OC(=O)[C@@H](NS(=O)(=O)c1ccc(C)cc1)c1ccccc1. The van der Waals surface area contributed by atoms with Crippen LogP contribution in [0.3, 0.4) is 0 Å². The van der Waals surface area contributed by atoms with E-state index in [1.807, 2.05) is 19.9 Å². The van der Waals surface area contributed by atoms with Gasteiger partial charge in [0.15, 0.2) is 0 Å². The first-order chi connectivity index (χ1) is 16.7. The van der Waals surface area contributed by atoms with E-state index in [0.717, 1.165) is 22.1 Å². The summed E-state index contributed by atoms with van der Waals surface area (Å²) in [5, 5.41) is 0.737. The number of ether oxygens (including phenoxy) is 1. The number of nitrogens with one attached hydrogen (secondary N) is 1. The van der Waals surface area contributed by atoms with Crippen LogP contribution in [0.15, 0.2) is 86.9 Å². The monoisotopic (exact) mass is 491 g/mol. The number of rotatable bonds is 7. The Morgan fingerprint density at radius 2 is 1.69 bits per heavy atom. The summed E-state index contributed by atoms with van der Waals surface area (Å²) in [6.07, 6.45) is 0.544. The normalized spacial score (nSPS) is 12.4. The number of aryl methyl sites for hydroxylation is 3. The predicted octanol–water partition coefficient (Wildman–Crippen LogP) is 4.60. The molecule has 1 aromatic heterocycles. The van der Waals surface area contributed by atoms with Crippen molar-refractivity contribution in [2.75, 3.05) is 0 Å². The van der Waals surface area contributed by atoms with E-state index < -0.39 is 27.7 Å². The van der Waals surface area contributed by atoms with Gasteiger partial charge in [0.05, 0.1) is 4.90 Å². The molecule has 0 spiro atoms. The van der Waals surface area contributed by atoms with Crippen molar-refractivity contribution in [2.24, 2.45) is 0 Å². The largest absolute Gasteiger partial charge is 0.425 e. The van der Waals surface area contributed by atoms with Crippen LogP contribution in [0.1, 0.15) is 35.2 Å². The summed E-state index contributed by atoms with van der Waals surface area (Å²) in [7, 11) is -4.03. The lowest BCUT2D eigenvalue weighted by atomic mass is 10.0. The molecule has 0 unspecified atom stereocenters. The average Bonchev–Trinajstić information content (AvgIpc) is 2.83. The third-order valence-corrected chi connectivity index (χ3v) is 7.14. The molecule has 0 amide bonds.